The molecule has 1 N–H and O–H groups in total. The molecule has 0 aliphatic heterocycles. The molecule has 0 saturated heterocycles. The zero-order valence-electron chi connectivity index (χ0n) is 14.8. The largest absolute Gasteiger partial charge is 0.452 e. The lowest BCUT2D eigenvalue weighted by Crippen LogP contribution is -2.32. The lowest BCUT2D eigenvalue weighted by atomic mass is 10.2. The molecule has 28 heavy (non-hydrogen) atoms. The number of anilines is 1. The highest BCUT2D eigenvalue weighted by Crippen LogP contribution is 2.26. The molecule has 0 saturated carbocycles. The molecule has 1 amide bonds. The number of carbonyl (C=O) groups is 2. The lowest BCUT2D eigenvalue weighted by molar-refractivity contribution is -0.384. The van der Waals surface area contributed by atoms with Crippen molar-refractivity contribution in [3.05, 3.63) is 64.2 Å². The first kappa shape index (κ1) is 21.3. The third-order valence-electron chi connectivity index (χ3n) is 3.54. The van der Waals surface area contributed by atoms with Crippen molar-refractivity contribution in [1.29, 1.82) is 0 Å². The smallest absolute Gasteiger partial charge is 0.319 e. The number of hydrogen-bond donors (Lipinski definition) is 1. The van der Waals surface area contributed by atoms with Crippen LogP contribution in [0.2, 0.25) is 0 Å². The number of nitrogens with zero attached hydrogens (tertiary/aromatic N) is 1. The van der Waals surface area contributed by atoms with Crippen LogP contribution in [0.5, 0.6) is 0 Å². The molecule has 2 aromatic carbocycles. The Morgan fingerprint density at radius 1 is 1.14 bits per heavy atom. The van der Waals surface area contributed by atoms with E-state index in [1.54, 1.807) is 6.92 Å². The number of halogens is 2. The minimum absolute atomic E-state index is 0.0714. The molecule has 0 heterocycles. The standard InChI is InChI=1S/C18H16F2N2O5S/c1-10(17(23)21-16-8-3-12(19)9-15(16)20)27-18(24)11(2)28-14-6-4-13(5-7-14)22(25)26/h3-11H,1-2H3,(H,21,23). The number of hydrogen-bond acceptors (Lipinski definition) is 6. The van der Waals surface area contributed by atoms with Crippen molar-refractivity contribution in [2.45, 2.75) is 30.1 Å². The van der Waals surface area contributed by atoms with Crippen LogP contribution in [0, 0.1) is 21.7 Å². The van der Waals surface area contributed by atoms with E-state index in [-0.39, 0.29) is 11.4 Å². The van der Waals surface area contributed by atoms with E-state index in [0.29, 0.717) is 11.0 Å². The fourth-order valence-corrected chi connectivity index (χ4v) is 2.90. The third kappa shape index (κ3) is 5.74. The molecule has 0 aromatic heterocycles. The third-order valence-corrected chi connectivity index (χ3v) is 4.63. The summed E-state index contributed by atoms with van der Waals surface area (Å²) in [5.74, 6) is -3.20. The number of thioether (sulfide) groups is 1. The summed E-state index contributed by atoms with van der Waals surface area (Å²) in [5.41, 5.74) is -0.305. The van der Waals surface area contributed by atoms with Crippen LogP contribution in [0.25, 0.3) is 0 Å². The number of nitro benzene ring substituents is 1. The van der Waals surface area contributed by atoms with Gasteiger partial charge in [-0.2, -0.15) is 0 Å². The van der Waals surface area contributed by atoms with Crippen molar-refractivity contribution in [2.75, 3.05) is 5.32 Å². The predicted octanol–water partition coefficient (Wildman–Crippen LogP) is 3.92. The van der Waals surface area contributed by atoms with Gasteiger partial charge in [-0.05, 0) is 38.1 Å². The molecule has 0 spiro atoms. The van der Waals surface area contributed by atoms with Gasteiger partial charge in [0.2, 0.25) is 0 Å². The summed E-state index contributed by atoms with van der Waals surface area (Å²) in [6.07, 6.45) is -1.21. The second-order valence-electron chi connectivity index (χ2n) is 5.70. The van der Waals surface area contributed by atoms with E-state index in [1.807, 2.05) is 0 Å². The molecule has 2 rings (SSSR count). The van der Waals surface area contributed by atoms with E-state index in [2.05, 4.69) is 5.32 Å². The van der Waals surface area contributed by atoms with Gasteiger partial charge in [0, 0.05) is 23.1 Å². The van der Waals surface area contributed by atoms with Gasteiger partial charge in [0.1, 0.15) is 16.9 Å². The minimum atomic E-state index is -1.21. The molecular weight excluding hydrogens is 394 g/mol. The fourth-order valence-electron chi connectivity index (χ4n) is 2.05. The van der Waals surface area contributed by atoms with Gasteiger partial charge in [-0.1, -0.05) is 0 Å². The van der Waals surface area contributed by atoms with E-state index < -0.39 is 39.8 Å². The fraction of sp³-hybridized carbons (Fsp3) is 0.222. The average molecular weight is 410 g/mol. The summed E-state index contributed by atoms with van der Waals surface area (Å²) in [5, 5.41) is 12.2. The van der Waals surface area contributed by atoms with Gasteiger partial charge in [-0.15, -0.1) is 11.8 Å². The van der Waals surface area contributed by atoms with Crippen LogP contribution < -0.4 is 5.32 Å². The predicted molar refractivity (Wildman–Crippen MR) is 99.0 cm³/mol. The van der Waals surface area contributed by atoms with Gasteiger partial charge in [-0.25, -0.2) is 8.78 Å². The second kappa shape index (κ2) is 9.27. The Morgan fingerprint density at radius 3 is 2.36 bits per heavy atom. The highest BCUT2D eigenvalue weighted by atomic mass is 32.2. The van der Waals surface area contributed by atoms with Gasteiger partial charge in [-0.3, -0.25) is 19.7 Å². The molecule has 0 fully saturated rings. The number of carbonyl (C=O) groups excluding carboxylic acids is 2. The molecule has 0 radical (unpaired) electrons. The zero-order valence-corrected chi connectivity index (χ0v) is 15.7. The van der Waals surface area contributed by atoms with Crippen molar-refractivity contribution >= 4 is 35.0 Å². The first-order valence-corrected chi connectivity index (χ1v) is 8.93. The average Bonchev–Trinajstić information content (AvgIpc) is 2.64. The zero-order chi connectivity index (χ0) is 20.8. The van der Waals surface area contributed by atoms with E-state index in [0.717, 1.165) is 23.9 Å². The first-order valence-electron chi connectivity index (χ1n) is 8.05. The normalized spacial score (nSPS) is 12.7. The number of esters is 1. The number of nitro groups is 1. The molecule has 2 unspecified atom stereocenters. The number of rotatable bonds is 7. The molecule has 7 nitrogen and oxygen atoms in total. The Morgan fingerprint density at radius 2 is 1.79 bits per heavy atom. The van der Waals surface area contributed by atoms with Crippen molar-refractivity contribution < 1.29 is 28.0 Å². The van der Waals surface area contributed by atoms with Crippen LogP contribution in [-0.4, -0.2) is 28.2 Å². The maximum Gasteiger partial charge on any atom is 0.319 e. The van der Waals surface area contributed by atoms with Crippen molar-refractivity contribution in [2.24, 2.45) is 0 Å². The quantitative estimate of drug-likeness (QED) is 0.321. The highest BCUT2D eigenvalue weighted by Gasteiger charge is 2.23. The number of benzene rings is 2. The highest BCUT2D eigenvalue weighted by molar-refractivity contribution is 8.00. The van der Waals surface area contributed by atoms with Gasteiger partial charge in [0.15, 0.2) is 6.10 Å². The van der Waals surface area contributed by atoms with Crippen LogP contribution in [-0.2, 0) is 14.3 Å². The molecule has 2 aromatic rings. The molecule has 0 bridgehead atoms. The Bertz CT molecular complexity index is 892. The maximum absolute atomic E-state index is 13.6. The summed E-state index contributed by atoms with van der Waals surface area (Å²) >= 11 is 1.10. The molecule has 10 heteroatoms. The number of amides is 1. The van der Waals surface area contributed by atoms with Gasteiger partial charge in [0.25, 0.3) is 11.6 Å². The van der Waals surface area contributed by atoms with Crippen LogP contribution in [0.4, 0.5) is 20.2 Å². The van der Waals surface area contributed by atoms with E-state index in [9.17, 15) is 28.5 Å². The Kier molecular flexibility index (Phi) is 7.05. The summed E-state index contributed by atoms with van der Waals surface area (Å²) in [4.78, 5) is 34.9. The first-order chi connectivity index (χ1) is 13.2. The second-order valence-corrected chi connectivity index (χ2v) is 7.12. The summed E-state index contributed by atoms with van der Waals surface area (Å²) < 4.78 is 31.5. The Hall–Kier alpha value is -3.01. The van der Waals surface area contributed by atoms with Crippen molar-refractivity contribution in [1.82, 2.24) is 0 Å². The van der Waals surface area contributed by atoms with Crippen LogP contribution in [0.1, 0.15) is 13.8 Å². The number of ether oxygens (including phenoxy) is 1. The summed E-state index contributed by atoms with van der Waals surface area (Å²) in [6, 6.07) is 8.29. The SMILES string of the molecule is CC(OC(=O)C(C)Sc1ccc([N+](=O)[O-])cc1)C(=O)Nc1ccc(F)cc1F. The van der Waals surface area contributed by atoms with Crippen molar-refractivity contribution in [3.8, 4) is 0 Å². The van der Waals surface area contributed by atoms with E-state index in [4.69, 9.17) is 4.74 Å². The minimum Gasteiger partial charge on any atom is -0.452 e. The van der Waals surface area contributed by atoms with Gasteiger partial charge in [0.05, 0.1) is 10.6 Å². The van der Waals surface area contributed by atoms with Crippen LogP contribution in [0.3, 0.4) is 0 Å². The maximum atomic E-state index is 13.6. The topological polar surface area (TPSA) is 98.5 Å². The molecular formula is C18H16F2N2O5S. The van der Waals surface area contributed by atoms with Crippen LogP contribution >= 0.6 is 11.8 Å². The van der Waals surface area contributed by atoms with Crippen molar-refractivity contribution in [3.63, 3.8) is 0 Å². The molecule has 148 valence electrons. The molecule has 2 atom stereocenters. The monoisotopic (exact) mass is 410 g/mol. The number of nitrogens with one attached hydrogen (secondary N) is 1. The Labute approximate surface area is 163 Å². The van der Waals surface area contributed by atoms with E-state index >= 15 is 0 Å². The number of non-ortho nitro benzene ring substituents is 1. The lowest BCUT2D eigenvalue weighted by Gasteiger charge is -2.16. The molecule has 0 aliphatic carbocycles. The van der Waals surface area contributed by atoms with Gasteiger partial charge >= 0.3 is 5.97 Å². The van der Waals surface area contributed by atoms with Crippen LogP contribution in [0.15, 0.2) is 47.4 Å². The molecule has 0 aliphatic rings. The summed E-state index contributed by atoms with van der Waals surface area (Å²) in [7, 11) is 0. The Balaban J connectivity index is 1.91. The summed E-state index contributed by atoms with van der Waals surface area (Å²) in [6.45, 7) is 2.87. The van der Waals surface area contributed by atoms with E-state index in [1.165, 1.54) is 31.2 Å². The van der Waals surface area contributed by atoms with Gasteiger partial charge < -0.3 is 10.1 Å².